The van der Waals surface area contributed by atoms with E-state index in [9.17, 15) is 14.9 Å². The van der Waals surface area contributed by atoms with Crippen molar-refractivity contribution in [3.05, 3.63) is 35.9 Å². The average molecular weight is 368 g/mol. The molecule has 0 aromatic heterocycles. The largest absolute Gasteiger partial charge is 0.339 e. The van der Waals surface area contributed by atoms with Crippen molar-refractivity contribution >= 4 is 11.8 Å². The van der Waals surface area contributed by atoms with E-state index in [0.717, 1.165) is 24.9 Å². The van der Waals surface area contributed by atoms with E-state index in [1.165, 1.54) is 0 Å². The molecule has 27 heavy (non-hydrogen) atoms. The molecule has 1 aromatic carbocycles. The van der Waals surface area contributed by atoms with Gasteiger partial charge in [0.25, 0.3) is 0 Å². The lowest BCUT2D eigenvalue weighted by atomic mass is 9.93. The third kappa shape index (κ3) is 4.30. The Morgan fingerprint density at radius 3 is 2.44 bits per heavy atom. The summed E-state index contributed by atoms with van der Waals surface area (Å²) < 4.78 is 0. The Morgan fingerprint density at radius 2 is 1.81 bits per heavy atom. The number of nitrogens with zero attached hydrogens (tertiary/aromatic N) is 4. The van der Waals surface area contributed by atoms with Crippen LogP contribution in [0.1, 0.15) is 32.3 Å². The molecule has 2 saturated heterocycles. The van der Waals surface area contributed by atoms with Crippen LogP contribution in [0.15, 0.2) is 30.3 Å². The number of piperazine rings is 1. The summed E-state index contributed by atoms with van der Waals surface area (Å²) in [5.41, 5.74) is 0.163. The van der Waals surface area contributed by atoms with E-state index in [0.29, 0.717) is 32.7 Å². The Bertz CT molecular complexity index is 717. The van der Waals surface area contributed by atoms with Crippen LogP contribution in [0.3, 0.4) is 0 Å². The van der Waals surface area contributed by atoms with Gasteiger partial charge in [0.05, 0.1) is 12.1 Å². The predicted octanol–water partition coefficient (Wildman–Crippen LogP) is 1.87. The van der Waals surface area contributed by atoms with Crippen LogP contribution in [0.25, 0.3) is 0 Å². The van der Waals surface area contributed by atoms with Crippen LogP contribution in [0.2, 0.25) is 0 Å². The van der Waals surface area contributed by atoms with Gasteiger partial charge in [-0.1, -0.05) is 30.3 Å². The van der Waals surface area contributed by atoms with Gasteiger partial charge in [-0.15, -0.1) is 0 Å². The molecule has 3 rings (SSSR count). The van der Waals surface area contributed by atoms with Gasteiger partial charge in [0.15, 0.2) is 0 Å². The fraction of sp³-hybridized carbons (Fsp3) is 0.571. The lowest BCUT2D eigenvalue weighted by Crippen LogP contribution is -2.59. The summed E-state index contributed by atoms with van der Waals surface area (Å²) in [6.45, 7) is 7.30. The predicted molar refractivity (Wildman–Crippen MR) is 102 cm³/mol. The molecule has 0 bridgehead atoms. The van der Waals surface area contributed by atoms with Crippen LogP contribution in [-0.4, -0.2) is 65.3 Å². The number of carbonyl (C=O) groups excluding carboxylic acids is 2. The number of piperidine rings is 1. The smallest absolute Gasteiger partial charge is 0.242 e. The molecule has 1 aromatic rings. The molecule has 0 saturated carbocycles. The third-order valence-corrected chi connectivity index (χ3v) is 5.58. The second-order valence-corrected chi connectivity index (χ2v) is 7.97. The van der Waals surface area contributed by atoms with Crippen molar-refractivity contribution < 1.29 is 9.59 Å². The molecule has 0 unspecified atom stereocenters. The van der Waals surface area contributed by atoms with Crippen molar-refractivity contribution in [1.29, 1.82) is 5.26 Å². The number of hydrogen-bond donors (Lipinski definition) is 0. The fourth-order valence-corrected chi connectivity index (χ4v) is 3.90. The van der Waals surface area contributed by atoms with Crippen molar-refractivity contribution in [2.75, 3.05) is 32.7 Å². The van der Waals surface area contributed by atoms with E-state index < -0.39 is 5.41 Å². The minimum Gasteiger partial charge on any atom is -0.339 e. The lowest BCUT2D eigenvalue weighted by molar-refractivity contribution is -0.144. The van der Waals surface area contributed by atoms with E-state index in [4.69, 9.17) is 0 Å². The molecule has 0 N–H and O–H groups in total. The second-order valence-electron chi connectivity index (χ2n) is 7.97. The molecule has 6 heteroatoms. The zero-order valence-corrected chi connectivity index (χ0v) is 16.2. The number of amides is 2. The minimum atomic E-state index is -0.991. The molecule has 2 heterocycles. The van der Waals surface area contributed by atoms with Gasteiger partial charge in [-0.05, 0) is 32.3 Å². The van der Waals surface area contributed by atoms with Crippen LogP contribution < -0.4 is 0 Å². The number of benzene rings is 1. The maximum absolute atomic E-state index is 13.0. The van der Waals surface area contributed by atoms with E-state index in [1.807, 2.05) is 23.1 Å². The van der Waals surface area contributed by atoms with E-state index in [1.54, 1.807) is 18.7 Å². The summed E-state index contributed by atoms with van der Waals surface area (Å²) >= 11 is 0. The monoisotopic (exact) mass is 368 g/mol. The van der Waals surface area contributed by atoms with Crippen LogP contribution in [0.5, 0.6) is 0 Å². The molecule has 2 fully saturated rings. The quantitative estimate of drug-likeness (QED) is 0.814. The summed E-state index contributed by atoms with van der Waals surface area (Å²) in [5, 5.41) is 9.18. The summed E-state index contributed by atoms with van der Waals surface area (Å²) in [5.74, 6) is 0.0764. The van der Waals surface area contributed by atoms with E-state index >= 15 is 0 Å². The number of hydrogen-bond acceptors (Lipinski definition) is 4. The molecule has 2 aliphatic rings. The third-order valence-electron chi connectivity index (χ3n) is 5.58. The van der Waals surface area contributed by atoms with Gasteiger partial charge in [0, 0.05) is 39.3 Å². The summed E-state index contributed by atoms with van der Waals surface area (Å²) in [4.78, 5) is 31.4. The molecule has 6 nitrogen and oxygen atoms in total. The molecule has 2 aliphatic heterocycles. The highest BCUT2D eigenvalue weighted by Gasteiger charge is 2.38. The Morgan fingerprint density at radius 1 is 1.15 bits per heavy atom. The SMILES string of the molecule is CC(C)(C#N)C(=O)N1CCN([C@@H]2CCCN(Cc3ccccc3)C2=O)CC1. The van der Waals surface area contributed by atoms with Gasteiger partial charge >= 0.3 is 0 Å². The van der Waals surface area contributed by atoms with Crippen molar-refractivity contribution in [1.82, 2.24) is 14.7 Å². The van der Waals surface area contributed by atoms with Crippen LogP contribution >= 0.6 is 0 Å². The first-order chi connectivity index (χ1) is 12.9. The zero-order valence-electron chi connectivity index (χ0n) is 16.2. The second kappa shape index (κ2) is 8.10. The summed E-state index contributed by atoms with van der Waals surface area (Å²) in [7, 11) is 0. The van der Waals surface area contributed by atoms with Crippen molar-refractivity contribution in [2.45, 2.75) is 39.3 Å². The highest BCUT2D eigenvalue weighted by Crippen LogP contribution is 2.23. The first-order valence-corrected chi connectivity index (χ1v) is 9.70. The van der Waals surface area contributed by atoms with Crippen molar-refractivity contribution in [3.63, 3.8) is 0 Å². The highest BCUT2D eigenvalue weighted by molar-refractivity contribution is 5.85. The zero-order chi connectivity index (χ0) is 19.4. The number of likely N-dealkylation sites (tertiary alicyclic amines) is 1. The van der Waals surface area contributed by atoms with Crippen molar-refractivity contribution in [2.24, 2.45) is 5.41 Å². The Balaban J connectivity index is 1.58. The highest BCUT2D eigenvalue weighted by atomic mass is 16.2. The van der Waals surface area contributed by atoms with Crippen LogP contribution in [0.4, 0.5) is 0 Å². The topological polar surface area (TPSA) is 67.7 Å². The molecule has 0 radical (unpaired) electrons. The summed E-state index contributed by atoms with van der Waals surface area (Å²) in [6, 6.07) is 12.1. The normalized spacial score (nSPS) is 21.8. The first kappa shape index (κ1) is 19.4. The van der Waals surface area contributed by atoms with Crippen LogP contribution in [-0.2, 0) is 16.1 Å². The van der Waals surface area contributed by atoms with E-state index in [2.05, 4.69) is 23.1 Å². The van der Waals surface area contributed by atoms with Crippen molar-refractivity contribution in [3.8, 4) is 6.07 Å². The maximum atomic E-state index is 13.0. The molecule has 0 spiro atoms. The number of carbonyl (C=O) groups is 2. The molecule has 144 valence electrons. The van der Waals surface area contributed by atoms with Gasteiger partial charge in [-0.3, -0.25) is 14.5 Å². The average Bonchev–Trinajstić information content (AvgIpc) is 2.70. The molecular formula is C21H28N4O2. The molecular weight excluding hydrogens is 340 g/mol. The lowest BCUT2D eigenvalue weighted by Gasteiger charge is -2.43. The maximum Gasteiger partial charge on any atom is 0.242 e. The Kier molecular flexibility index (Phi) is 5.81. The van der Waals surface area contributed by atoms with Gasteiger partial charge in [0.1, 0.15) is 5.41 Å². The van der Waals surface area contributed by atoms with Gasteiger partial charge in [-0.25, -0.2) is 0 Å². The fourth-order valence-electron chi connectivity index (χ4n) is 3.90. The first-order valence-electron chi connectivity index (χ1n) is 9.70. The molecule has 2 amide bonds. The molecule has 0 aliphatic carbocycles. The van der Waals surface area contributed by atoms with Gasteiger partial charge in [0.2, 0.25) is 11.8 Å². The van der Waals surface area contributed by atoms with E-state index in [-0.39, 0.29) is 17.9 Å². The molecule has 1 atom stereocenters. The Labute approximate surface area is 161 Å². The number of nitriles is 1. The Hall–Kier alpha value is -2.39. The van der Waals surface area contributed by atoms with Gasteiger partial charge in [-0.2, -0.15) is 5.26 Å². The standard InChI is InChI=1S/C21H28N4O2/c1-21(2,16-22)20(27)24-13-11-23(12-14-24)18-9-6-10-25(19(18)26)15-17-7-4-3-5-8-17/h3-5,7-8,18H,6,9-15H2,1-2H3/t18-/m1/s1. The van der Waals surface area contributed by atoms with Gasteiger partial charge < -0.3 is 9.80 Å². The van der Waals surface area contributed by atoms with Crippen LogP contribution in [0, 0.1) is 16.7 Å². The number of rotatable bonds is 4. The summed E-state index contributed by atoms with van der Waals surface area (Å²) in [6.07, 6.45) is 1.88. The minimum absolute atomic E-state index is 0.0938.